The predicted octanol–water partition coefficient (Wildman–Crippen LogP) is 4.72. The number of alkyl halides is 3. The fourth-order valence-corrected chi connectivity index (χ4v) is 2.57. The molecule has 0 heterocycles. The standard InChI is InChI=1S/C14H11F4NS/c15-11-5-12(19)7-13(6-11)20-8-9-1-3-10(4-2-9)14(16,17)18/h1-7H,8,19H2. The summed E-state index contributed by atoms with van der Waals surface area (Å²) in [6, 6.07) is 9.08. The van der Waals surface area contributed by atoms with Gasteiger partial charge < -0.3 is 5.73 Å². The molecule has 106 valence electrons. The summed E-state index contributed by atoms with van der Waals surface area (Å²) >= 11 is 1.31. The van der Waals surface area contributed by atoms with Gasteiger partial charge in [-0.15, -0.1) is 11.8 Å². The van der Waals surface area contributed by atoms with Crippen LogP contribution in [0.25, 0.3) is 0 Å². The first kappa shape index (κ1) is 14.7. The topological polar surface area (TPSA) is 26.0 Å². The molecule has 0 saturated heterocycles. The first-order valence-corrected chi connectivity index (χ1v) is 6.68. The number of benzene rings is 2. The van der Waals surface area contributed by atoms with Crippen molar-refractivity contribution in [2.24, 2.45) is 0 Å². The molecule has 1 nitrogen and oxygen atoms in total. The van der Waals surface area contributed by atoms with Crippen LogP contribution in [0, 0.1) is 5.82 Å². The minimum atomic E-state index is -4.33. The highest BCUT2D eigenvalue weighted by Gasteiger charge is 2.29. The normalized spacial score (nSPS) is 11.6. The van der Waals surface area contributed by atoms with Gasteiger partial charge in [0.2, 0.25) is 0 Å². The molecule has 20 heavy (non-hydrogen) atoms. The zero-order chi connectivity index (χ0) is 14.8. The van der Waals surface area contributed by atoms with Crippen LogP contribution in [-0.2, 0) is 11.9 Å². The second-order valence-corrected chi connectivity index (χ2v) is 5.25. The number of anilines is 1. The van der Waals surface area contributed by atoms with Crippen LogP contribution < -0.4 is 5.73 Å². The van der Waals surface area contributed by atoms with Crippen molar-refractivity contribution < 1.29 is 17.6 Å². The first-order chi connectivity index (χ1) is 9.34. The number of rotatable bonds is 3. The Kier molecular flexibility index (Phi) is 4.23. The van der Waals surface area contributed by atoms with Crippen LogP contribution >= 0.6 is 11.8 Å². The Morgan fingerprint density at radius 3 is 2.20 bits per heavy atom. The van der Waals surface area contributed by atoms with Gasteiger partial charge in [0.25, 0.3) is 0 Å². The smallest absolute Gasteiger partial charge is 0.399 e. The first-order valence-electron chi connectivity index (χ1n) is 5.69. The molecule has 2 aromatic rings. The van der Waals surface area contributed by atoms with Crippen molar-refractivity contribution in [2.45, 2.75) is 16.8 Å². The number of thioether (sulfide) groups is 1. The molecule has 0 aliphatic rings. The van der Waals surface area contributed by atoms with E-state index in [1.807, 2.05) is 0 Å². The van der Waals surface area contributed by atoms with E-state index < -0.39 is 17.6 Å². The Morgan fingerprint density at radius 2 is 1.65 bits per heavy atom. The van der Waals surface area contributed by atoms with E-state index in [9.17, 15) is 17.6 Å². The summed E-state index contributed by atoms with van der Waals surface area (Å²) in [5.74, 6) is 0.0148. The highest BCUT2D eigenvalue weighted by atomic mass is 32.2. The lowest BCUT2D eigenvalue weighted by Crippen LogP contribution is -2.04. The van der Waals surface area contributed by atoms with Crippen LogP contribution in [0.1, 0.15) is 11.1 Å². The molecule has 0 bridgehead atoms. The zero-order valence-electron chi connectivity index (χ0n) is 10.2. The molecule has 0 unspecified atom stereocenters. The molecule has 6 heteroatoms. The van der Waals surface area contributed by atoms with E-state index in [0.29, 0.717) is 16.3 Å². The summed E-state index contributed by atoms with van der Waals surface area (Å²) in [4.78, 5) is 0.641. The predicted molar refractivity (Wildman–Crippen MR) is 71.8 cm³/mol. The lowest BCUT2D eigenvalue weighted by Gasteiger charge is -2.08. The number of hydrogen-bond acceptors (Lipinski definition) is 2. The molecule has 0 amide bonds. The Morgan fingerprint density at radius 1 is 1.00 bits per heavy atom. The molecule has 0 radical (unpaired) electrons. The van der Waals surface area contributed by atoms with E-state index in [-0.39, 0.29) is 0 Å². The molecule has 0 saturated carbocycles. The van der Waals surface area contributed by atoms with Gasteiger partial charge in [-0.25, -0.2) is 4.39 Å². The van der Waals surface area contributed by atoms with Gasteiger partial charge in [-0.1, -0.05) is 12.1 Å². The summed E-state index contributed by atoms with van der Waals surface area (Å²) in [5.41, 5.74) is 5.89. The van der Waals surface area contributed by atoms with Crippen molar-refractivity contribution in [1.82, 2.24) is 0 Å². The molecule has 0 atom stereocenters. The quantitative estimate of drug-likeness (QED) is 0.504. The SMILES string of the molecule is Nc1cc(F)cc(SCc2ccc(C(F)(F)F)cc2)c1. The van der Waals surface area contributed by atoms with Gasteiger partial charge in [0.15, 0.2) is 0 Å². The van der Waals surface area contributed by atoms with Gasteiger partial charge in [0, 0.05) is 16.3 Å². The highest BCUT2D eigenvalue weighted by molar-refractivity contribution is 7.98. The molecular weight excluding hydrogens is 290 g/mol. The summed E-state index contributed by atoms with van der Waals surface area (Å²) in [5, 5.41) is 0. The number of hydrogen-bond donors (Lipinski definition) is 1. The van der Waals surface area contributed by atoms with Gasteiger partial charge >= 0.3 is 6.18 Å². The van der Waals surface area contributed by atoms with Crippen LogP contribution in [0.5, 0.6) is 0 Å². The average Bonchev–Trinajstić information content (AvgIpc) is 2.35. The van der Waals surface area contributed by atoms with E-state index in [4.69, 9.17) is 5.73 Å². The van der Waals surface area contributed by atoms with Gasteiger partial charge in [-0.3, -0.25) is 0 Å². The van der Waals surface area contributed by atoms with Crippen molar-refractivity contribution >= 4 is 17.4 Å². The van der Waals surface area contributed by atoms with Crippen molar-refractivity contribution in [3.8, 4) is 0 Å². The maximum atomic E-state index is 13.1. The lowest BCUT2D eigenvalue weighted by atomic mass is 10.1. The van der Waals surface area contributed by atoms with Gasteiger partial charge in [0.1, 0.15) is 5.82 Å². The lowest BCUT2D eigenvalue weighted by molar-refractivity contribution is -0.137. The number of halogens is 4. The molecule has 0 aromatic heterocycles. The summed E-state index contributed by atoms with van der Waals surface area (Å²) in [6.45, 7) is 0. The minimum absolute atomic E-state index is 0.319. The monoisotopic (exact) mass is 301 g/mol. The Hall–Kier alpha value is -1.69. The average molecular weight is 301 g/mol. The fourth-order valence-electron chi connectivity index (χ4n) is 1.62. The van der Waals surface area contributed by atoms with Crippen molar-refractivity contribution in [1.29, 1.82) is 0 Å². The zero-order valence-corrected chi connectivity index (χ0v) is 11.1. The molecule has 2 aromatic carbocycles. The number of nitrogen functional groups attached to an aromatic ring is 1. The molecule has 2 N–H and O–H groups in total. The van der Waals surface area contributed by atoms with Crippen LogP contribution in [0.3, 0.4) is 0 Å². The molecule has 0 aliphatic carbocycles. The van der Waals surface area contributed by atoms with E-state index in [1.54, 1.807) is 6.07 Å². The van der Waals surface area contributed by atoms with E-state index in [2.05, 4.69) is 0 Å². The van der Waals surface area contributed by atoms with Crippen LogP contribution in [0.15, 0.2) is 47.4 Å². The highest BCUT2D eigenvalue weighted by Crippen LogP contribution is 2.30. The molecule has 0 aliphatic heterocycles. The Bertz CT molecular complexity index is 573. The third-order valence-electron chi connectivity index (χ3n) is 2.58. The Labute approximate surface area is 117 Å². The maximum Gasteiger partial charge on any atom is 0.416 e. The molecule has 0 spiro atoms. The minimum Gasteiger partial charge on any atom is -0.399 e. The largest absolute Gasteiger partial charge is 0.416 e. The van der Waals surface area contributed by atoms with Crippen molar-refractivity contribution in [2.75, 3.05) is 5.73 Å². The van der Waals surface area contributed by atoms with Crippen LogP contribution in [-0.4, -0.2) is 0 Å². The maximum absolute atomic E-state index is 13.1. The Balaban J connectivity index is 2.04. The second kappa shape index (κ2) is 5.75. The third-order valence-corrected chi connectivity index (χ3v) is 3.63. The van der Waals surface area contributed by atoms with Crippen LogP contribution in [0.4, 0.5) is 23.2 Å². The van der Waals surface area contributed by atoms with Gasteiger partial charge in [0.05, 0.1) is 5.56 Å². The fraction of sp³-hybridized carbons (Fsp3) is 0.143. The van der Waals surface area contributed by atoms with Gasteiger partial charge in [-0.2, -0.15) is 13.2 Å². The van der Waals surface area contributed by atoms with E-state index in [0.717, 1.165) is 17.7 Å². The van der Waals surface area contributed by atoms with Crippen LogP contribution in [0.2, 0.25) is 0 Å². The molecule has 2 rings (SSSR count). The van der Waals surface area contributed by atoms with Crippen molar-refractivity contribution in [3.05, 3.63) is 59.4 Å². The summed E-state index contributed by atoms with van der Waals surface area (Å²) in [7, 11) is 0. The number of nitrogens with two attached hydrogens (primary N) is 1. The van der Waals surface area contributed by atoms with E-state index in [1.165, 1.54) is 36.0 Å². The third kappa shape index (κ3) is 3.90. The summed E-state index contributed by atoms with van der Waals surface area (Å²) < 4.78 is 50.3. The van der Waals surface area contributed by atoms with Gasteiger partial charge in [-0.05, 0) is 35.9 Å². The molecule has 0 fully saturated rings. The summed E-state index contributed by atoms with van der Waals surface area (Å²) in [6.07, 6.45) is -4.33. The molecular formula is C14H11F4NS. The van der Waals surface area contributed by atoms with E-state index >= 15 is 0 Å². The second-order valence-electron chi connectivity index (χ2n) is 4.20. The van der Waals surface area contributed by atoms with Crippen molar-refractivity contribution in [3.63, 3.8) is 0 Å².